The van der Waals surface area contributed by atoms with Crippen molar-refractivity contribution in [3.05, 3.63) is 36.0 Å². The SMILES string of the molecule is Cc1ccc2ccn([Si](C(C)C)(C(C)C)C(C)C)c2c1. The van der Waals surface area contributed by atoms with E-state index >= 15 is 0 Å². The van der Waals surface area contributed by atoms with Crippen molar-refractivity contribution in [2.45, 2.75) is 65.1 Å². The molecule has 0 N–H and O–H groups in total. The van der Waals surface area contributed by atoms with Crippen LogP contribution in [0.1, 0.15) is 47.1 Å². The van der Waals surface area contributed by atoms with Crippen LogP contribution in [0.5, 0.6) is 0 Å². The lowest BCUT2D eigenvalue weighted by Crippen LogP contribution is -2.51. The van der Waals surface area contributed by atoms with Crippen LogP contribution in [-0.4, -0.2) is 12.5 Å². The maximum Gasteiger partial charge on any atom is 0.169 e. The molecule has 0 saturated heterocycles. The van der Waals surface area contributed by atoms with Crippen LogP contribution < -0.4 is 0 Å². The van der Waals surface area contributed by atoms with Gasteiger partial charge in [0.25, 0.3) is 0 Å². The Balaban J connectivity index is 2.78. The Morgan fingerprint density at radius 1 is 0.850 bits per heavy atom. The minimum absolute atomic E-state index is 0.735. The summed E-state index contributed by atoms with van der Waals surface area (Å²) in [6.07, 6.45) is 2.36. The number of benzene rings is 1. The number of rotatable bonds is 4. The summed E-state index contributed by atoms with van der Waals surface area (Å²) in [4.78, 5) is 0. The van der Waals surface area contributed by atoms with E-state index in [1.807, 2.05) is 0 Å². The van der Waals surface area contributed by atoms with Gasteiger partial charge in [-0.3, -0.25) is 0 Å². The first-order valence-corrected chi connectivity index (χ1v) is 10.1. The van der Waals surface area contributed by atoms with Gasteiger partial charge in [-0.2, -0.15) is 0 Å². The molecule has 0 fully saturated rings. The molecule has 1 heterocycles. The van der Waals surface area contributed by atoms with Gasteiger partial charge in [-0.1, -0.05) is 53.7 Å². The first kappa shape index (κ1) is 15.4. The third-order valence-corrected chi connectivity index (χ3v) is 11.8. The van der Waals surface area contributed by atoms with Crippen LogP contribution in [0.25, 0.3) is 10.9 Å². The van der Waals surface area contributed by atoms with Crippen molar-refractivity contribution < 1.29 is 0 Å². The molecule has 2 rings (SSSR count). The Morgan fingerprint density at radius 3 is 1.90 bits per heavy atom. The van der Waals surface area contributed by atoms with Gasteiger partial charge in [0.05, 0.1) is 0 Å². The molecular weight excluding hydrogens is 258 g/mol. The molecule has 0 aliphatic heterocycles. The van der Waals surface area contributed by atoms with Crippen molar-refractivity contribution in [1.29, 1.82) is 0 Å². The predicted octanol–water partition coefficient (Wildman–Crippen LogP) is 5.97. The Morgan fingerprint density at radius 2 is 1.40 bits per heavy atom. The van der Waals surface area contributed by atoms with Gasteiger partial charge in [0.15, 0.2) is 8.24 Å². The number of hydrogen-bond donors (Lipinski definition) is 0. The van der Waals surface area contributed by atoms with Crippen molar-refractivity contribution in [1.82, 2.24) is 4.23 Å². The van der Waals surface area contributed by atoms with E-state index in [0.717, 1.165) is 16.6 Å². The topological polar surface area (TPSA) is 4.93 Å². The fourth-order valence-corrected chi connectivity index (χ4v) is 11.0. The van der Waals surface area contributed by atoms with Crippen LogP contribution in [-0.2, 0) is 0 Å². The molecule has 0 amide bonds. The Labute approximate surface area is 125 Å². The molecule has 1 nitrogen and oxygen atoms in total. The number of hydrogen-bond acceptors (Lipinski definition) is 0. The normalized spacial score (nSPS) is 13.1. The smallest absolute Gasteiger partial charge is 0.169 e. The van der Waals surface area contributed by atoms with E-state index in [2.05, 4.69) is 83.2 Å². The average Bonchev–Trinajstić information content (AvgIpc) is 2.72. The summed E-state index contributed by atoms with van der Waals surface area (Å²) < 4.78 is 2.69. The molecule has 20 heavy (non-hydrogen) atoms. The molecular formula is C18H29NSi. The quantitative estimate of drug-likeness (QED) is 0.610. The number of nitrogens with zero attached hydrogens (tertiary/aromatic N) is 1. The Kier molecular flexibility index (Phi) is 4.15. The van der Waals surface area contributed by atoms with Crippen LogP contribution in [0.3, 0.4) is 0 Å². The highest BCUT2D eigenvalue weighted by molar-refractivity contribution is 6.82. The van der Waals surface area contributed by atoms with Crippen LogP contribution in [0.4, 0.5) is 0 Å². The second-order valence-corrected chi connectivity index (χ2v) is 12.8. The second kappa shape index (κ2) is 5.40. The maximum absolute atomic E-state index is 2.69. The zero-order valence-corrected chi connectivity index (χ0v) is 15.1. The molecule has 2 aromatic rings. The van der Waals surface area contributed by atoms with Crippen LogP contribution in [0.15, 0.2) is 30.5 Å². The minimum Gasteiger partial charge on any atom is -0.373 e. The lowest BCUT2D eigenvalue weighted by molar-refractivity contribution is 0.773. The largest absolute Gasteiger partial charge is 0.373 e. The van der Waals surface area contributed by atoms with Crippen LogP contribution in [0, 0.1) is 6.92 Å². The summed E-state index contributed by atoms with van der Waals surface area (Å²) in [5, 5.41) is 1.38. The van der Waals surface area contributed by atoms with Gasteiger partial charge >= 0.3 is 0 Å². The summed E-state index contributed by atoms with van der Waals surface area (Å²) in [6, 6.07) is 9.14. The number of fused-ring (bicyclic) bond motifs is 1. The third-order valence-electron chi connectivity index (χ3n) is 5.04. The summed E-state index contributed by atoms with van der Waals surface area (Å²) in [5.74, 6) is 0. The number of aryl methyl sites for hydroxylation is 1. The first-order chi connectivity index (χ1) is 9.31. The van der Waals surface area contributed by atoms with Crippen molar-refractivity contribution in [3.63, 3.8) is 0 Å². The highest BCUT2D eigenvalue weighted by atomic mass is 28.3. The molecule has 0 atom stereocenters. The molecule has 1 aromatic heterocycles. The van der Waals surface area contributed by atoms with Gasteiger partial charge in [0.1, 0.15) is 0 Å². The second-order valence-electron chi connectivity index (χ2n) is 7.10. The minimum atomic E-state index is -1.62. The molecule has 0 aliphatic carbocycles. The van der Waals surface area contributed by atoms with Crippen LogP contribution in [0.2, 0.25) is 16.6 Å². The van der Waals surface area contributed by atoms with Crippen LogP contribution >= 0.6 is 0 Å². The Hall–Kier alpha value is -1.02. The summed E-state index contributed by atoms with van der Waals surface area (Å²) in [6.45, 7) is 16.7. The molecule has 0 radical (unpaired) electrons. The summed E-state index contributed by atoms with van der Waals surface area (Å²) >= 11 is 0. The van der Waals surface area contributed by atoms with Crippen molar-refractivity contribution in [2.75, 3.05) is 0 Å². The molecule has 110 valence electrons. The highest BCUT2D eigenvalue weighted by Crippen LogP contribution is 2.44. The van der Waals surface area contributed by atoms with Gasteiger partial charge in [-0.05, 0) is 52.8 Å². The molecule has 0 aliphatic rings. The van der Waals surface area contributed by atoms with E-state index in [9.17, 15) is 0 Å². The van der Waals surface area contributed by atoms with E-state index in [1.165, 1.54) is 16.5 Å². The van der Waals surface area contributed by atoms with Crippen molar-refractivity contribution in [2.24, 2.45) is 0 Å². The van der Waals surface area contributed by atoms with E-state index in [-0.39, 0.29) is 0 Å². The monoisotopic (exact) mass is 287 g/mol. The summed E-state index contributed by atoms with van der Waals surface area (Å²) in [5.41, 5.74) is 5.00. The van der Waals surface area contributed by atoms with Crippen molar-refractivity contribution >= 4 is 19.1 Å². The van der Waals surface area contributed by atoms with Gasteiger partial charge < -0.3 is 4.23 Å². The molecule has 2 heteroatoms. The molecule has 1 aromatic carbocycles. The van der Waals surface area contributed by atoms with E-state index in [0.29, 0.717) is 0 Å². The fraction of sp³-hybridized carbons (Fsp3) is 0.556. The molecule has 0 bridgehead atoms. The van der Waals surface area contributed by atoms with Gasteiger partial charge in [-0.15, -0.1) is 0 Å². The lowest BCUT2D eigenvalue weighted by Gasteiger charge is -2.44. The molecule has 0 saturated carbocycles. The van der Waals surface area contributed by atoms with Gasteiger partial charge in [-0.25, -0.2) is 0 Å². The zero-order valence-electron chi connectivity index (χ0n) is 14.1. The van der Waals surface area contributed by atoms with Gasteiger partial charge in [0, 0.05) is 5.52 Å². The maximum atomic E-state index is 2.69. The molecule has 0 unspecified atom stereocenters. The zero-order chi connectivity index (χ0) is 15.1. The first-order valence-electron chi connectivity index (χ1n) is 7.90. The number of aromatic nitrogens is 1. The third kappa shape index (κ3) is 2.14. The predicted molar refractivity (Wildman–Crippen MR) is 93.1 cm³/mol. The highest BCUT2D eigenvalue weighted by Gasteiger charge is 2.45. The lowest BCUT2D eigenvalue weighted by atomic mass is 10.2. The molecule has 0 spiro atoms. The Bertz CT molecular complexity index is 571. The fourth-order valence-electron chi connectivity index (χ4n) is 4.41. The van der Waals surface area contributed by atoms with E-state index < -0.39 is 8.24 Å². The van der Waals surface area contributed by atoms with E-state index in [1.54, 1.807) is 0 Å². The average molecular weight is 288 g/mol. The van der Waals surface area contributed by atoms with Crippen molar-refractivity contribution in [3.8, 4) is 0 Å². The van der Waals surface area contributed by atoms with Gasteiger partial charge in [0.2, 0.25) is 0 Å². The summed E-state index contributed by atoms with van der Waals surface area (Å²) in [7, 11) is -1.62. The standard InChI is InChI=1S/C18H29NSi/c1-13(2)20(14(3)4,15(5)6)19-11-10-17-9-8-16(7)12-18(17)19/h8-15H,1-7H3. The van der Waals surface area contributed by atoms with E-state index in [4.69, 9.17) is 0 Å².